The van der Waals surface area contributed by atoms with E-state index in [0.717, 1.165) is 5.92 Å². The van der Waals surface area contributed by atoms with Crippen LogP contribution < -0.4 is 0 Å². The second-order valence-electron chi connectivity index (χ2n) is 4.77. The molecule has 1 heteroatoms. The van der Waals surface area contributed by atoms with Crippen LogP contribution in [0, 0.1) is 11.8 Å². The third kappa shape index (κ3) is 1.61. The highest BCUT2D eigenvalue weighted by atomic mass is 15.3. The van der Waals surface area contributed by atoms with E-state index >= 15 is 0 Å². The molecule has 0 aromatic carbocycles. The maximum Gasteiger partial charge on any atom is 0.0881 e. The second-order valence-corrected chi connectivity index (χ2v) is 4.77. The first kappa shape index (κ1) is 8.06. The Balaban J connectivity index is 2.25. The van der Waals surface area contributed by atoms with Crippen molar-refractivity contribution < 1.29 is 4.48 Å². The smallest absolute Gasteiger partial charge is 0.0881 e. The normalized spacial score (nSPS) is 37.8. The SMILES string of the molecule is C[N+]1(C)C[C@@H]2C=CC[C@@H](C=C2)C1. The fraction of sp³-hybridized carbons (Fsp3) is 0.636. The second kappa shape index (κ2) is 2.74. The number of hydrogen-bond donors (Lipinski definition) is 0. The Morgan fingerprint density at radius 3 is 2.75 bits per heavy atom. The highest BCUT2D eigenvalue weighted by Gasteiger charge is 2.27. The van der Waals surface area contributed by atoms with E-state index in [1.165, 1.54) is 24.0 Å². The lowest BCUT2D eigenvalue weighted by Gasteiger charge is -2.33. The van der Waals surface area contributed by atoms with Gasteiger partial charge in [0.25, 0.3) is 0 Å². The standard InChI is InChI=1S/C11H18N/c1-12(2)8-10-4-3-5-11(9-12)7-6-10/h3-4,6-7,10-11H,5,8-9H2,1-2H3/q+1/t10-,11+/m1/s1. The van der Waals surface area contributed by atoms with Crippen LogP contribution in [0.15, 0.2) is 24.3 Å². The van der Waals surface area contributed by atoms with E-state index < -0.39 is 0 Å². The van der Waals surface area contributed by atoms with Gasteiger partial charge in [0.2, 0.25) is 0 Å². The Kier molecular flexibility index (Phi) is 1.84. The zero-order chi connectivity index (χ0) is 8.60. The van der Waals surface area contributed by atoms with Gasteiger partial charge in [0.05, 0.1) is 27.2 Å². The average molecular weight is 164 g/mol. The molecule has 66 valence electrons. The van der Waals surface area contributed by atoms with Crippen molar-refractivity contribution in [1.29, 1.82) is 0 Å². The molecule has 0 saturated heterocycles. The Labute approximate surface area is 75.0 Å². The van der Waals surface area contributed by atoms with Crippen LogP contribution in [0.25, 0.3) is 0 Å². The summed E-state index contributed by atoms with van der Waals surface area (Å²) in [5.74, 6) is 1.47. The number of fused-ring (bicyclic) bond motifs is 2. The van der Waals surface area contributed by atoms with Gasteiger partial charge in [-0.2, -0.15) is 0 Å². The molecule has 0 unspecified atom stereocenters. The van der Waals surface area contributed by atoms with Crippen LogP contribution in [0.3, 0.4) is 0 Å². The van der Waals surface area contributed by atoms with E-state index in [-0.39, 0.29) is 0 Å². The first-order valence-corrected chi connectivity index (χ1v) is 4.83. The molecule has 0 amide bonds. The van der Waals surface area contributed by atoms with Gasteiger partial charge in [0.15, 0.2) is 0 Å². The third-order valence-corrected chi connectivity index (χ3v) is 2.89. The fourth-order valence-electron chi connectivity index (χ4n) is 2.41. The molecule has 0 fully saturated rings. The largest absolute Gasteiger partial charge is 0.327 e. The highest BCUT2D eigenvalue weighted by molar-refractivity contribution is 5.09. The van der Waals surface area contributed by atoms with Crippen LogP contribution in [-0.2, 0) is 0 Å². The third-order valence-electron chi connectivity index (χ3n) is 2.89. The summed E-state index contributed by atoms with van der Waals surface area (Å²) in [4.78, 5) is 0. The molecular weight excluding hydrogens is 146 g/mol. The summed E-state index contributed by atoms with van der Waals surface area (Å²) in [5.41, 5.74) is 0. The van der Waals surface area contributed by atoms with Crippen LogP contribution in [0.2, 0.25) is 0 Å². The Bertz CT molecular complexity index is 225. The van der Waals surface area contributed by atoms with Gasteiger partial charge in [0, 0.05) is 11.8 Å². The number of quaternary nitrogens is 1. The summed E-state index contributed by atoms with van der Waals surface area (Å²) in [6, 6.07) is 0. The first-order valence-electron chi connectivity index (χ1n) is 4.83. The maximum absolute atomic E-state index is 2.41. The monoisotopic (exact) mass is 164 g/mol. The summed E-state index contributed by atoms with van der Waals surface area (Å²) in [5, 5.41) is 0. The van der Waals surface area contributed by atoms with Gasteiger partial charge in [-0.25, -0.2) is 0 Å². The lowest BCUT2D eigenvalue weighted by atomic mass is 10.0. The van der Waals surface area contributed by atoms with E-state index in [0.29, 0.717) is 5.92 Å². The zero-order valence-corrected chi connectivity index (χ0v) is 8.03. The number of rotatable bonds is 0. The Hall–Kier alpha value is -0.560. The van der Waals surface area contributed by atoms with Crippen molar-refractivity contribution in [2.24, 2.45) is 11.8 Å². The van der Waals surface area contributed by atoms with Gasteiger partial charge in [-0.3, -0.25) is 0 Å². The van der Waals surface area contributed by atoms with Gasteiger partial charge in [-0.15, -0.1) is 0 Å². The van der Waals surface area contributed by atoms with E-state index in [4.69, 9.17) is 0 Å². The first-order chi connectivity index (χ1) is 5.66. The molecule has 2 aliphatic rings. The fourth-order valence-corrected chi connectivity index (χ4v) is 2.41. The van der Waals surface area contributed by atoms with Crippen LogP contribution >= 0.6 is 0 Å². The molecule has 2 bridgehead atoms. The molecule has 12 heavy (non-hydrogen) atoms. The predicted octanol–water partition coefficient (Wildman–Crippen LogP) is 1.82. The van der Waals surface area contributed by atoms with Crippen LogP contribution in [0.5, 0.6) is 0 Å². The minimum Gasteiger partial charge on any atom is -0.327 e. The maximum atomic E-state index is 2.41. The molecule has 0 spiro atoms. The van der Waals surface area contributed by atoms with Crippen LogP contribution in [0.1, 0.15) is 6.42 Å². The minimum atomic E-state index is 0.687. The summed E-state index contributed by atoms with van der Waals surface area (Å²) < 4.78 is 1.17. The van der Waals surface area contributed by atoms with Crippen molar-refractivity contribution in [3.63, 3.8) is 0 Å². The number of nitrogens with zero attached hydrogens (tertiary/aromatic N) is 1. The molecule has 0 saturated carbocycles. The Morgan fingerprint density at radius 1 is 1.08 bits per heavy atom. The molecule has 1 aliphatic heterocycles. The molecule has 0 radical (unpaired) electrons. The van der Waals surface area contributed by atoms with Gasteiger partial charge in [-0.05, 0) is 6.42 Å². The summed E-state index contributed by atoms with van der Waals surface area (Å²) in [6.07, 6.45) is 10.8. The molecule has 1 nitrogen and oxygen atoms in total. The molecule has 1 aliphatic carbocycles. The summed E-state index contributed by atoms with van der Waals surface area (Å²) in [7, 11) is 4.68. The number of allylic oxidation sites excluding steroid dienone is 1. The van der Waals surface area contributed by atoms with Gasteiger partial charge in [0.1, 0.15) is 0 Å². The van der Waals surface area contributed by atoms with E-state index in [1.807, 2.05) is 0 Å². The van der Waals surface area contributed by atoms with Crippen molar-refractivity contribution in [3.05, 3.63) is 24.3 Å². The summed E-state index contributed by atoms with van der Waals surface area (Å²) in [6.45, 7) is 2.57. The molecule has 0 aromatic heterocycles. The van der Waals surface area contributed by atoms with E-state index in [1.54, 1.807) is 0 Å². The van der Waals surface area contributed by atoms with Crippen molar-refractivity contribution >= 4 is 0 Å². The number of hydrogen-bond acceptors (Lipinski definition) is 0. The average Bonchev–Trinajstić information content (AvgIpc) is 2.17. The van der Waals surface area contributed by atoms with Gasteiger partial charge in [-0.1, -0.05) is 24.3 Å². The quantitative estimate of drug-likeness (QED) is 0.378. The van der Waals surface area contributed by atoms with Crippen molar-refractivity contribution in [2.45, 2.75) is 6.42 Å². The van der Waals surface area contributed by atoms with E-state index in [9.17, 15) is 0 Å². The topological polar surface area (TPSA) is 0 Å². The lowest BCUT2D eigenvalue weighted by Crippen LogP contribution is -2.45. The molecule has 2 rings (SSSR count). The molecule has 2 atom stereocenters. The van der Waals surface area contributed by atoms with Crippen LogP contribution in [-0.4, -0.2) is 31.7 Å². The van der Waals surface area contributed by atoms with E-state index in [2.05, 4.69) is 38.4 Å². The van der Waals surface area contributed by atoms with Gasteiger partial charge >= 0.3 is 0 Å². The van der Waals surface area contributed by atoms with Crippen LogP contribution in [0.4, 0.5) is 0 Å². The zero-order valence-electron chi connectivity index (χ0n) is 8.03. The van der Waals surface area contributed by atoms with Crippen molar-refractivity contribution in [1.82, 2.24) is 0 Å². The van der Waals surface area contributed by atoms with Gasteiger partial charge < -0.3 is 4.48 Å². The minimum absolute atomic E-state index is 0.687. The van der Waals surface area contributed by atoms with Crippen molar-refractivity contribution in [3.8, 4) is 0 Å². The Morgan fingerprint density at radius 2 is 1.92 bits per heavy atom. The highest BCUT2D eigenvalue weighted by Crippen LogP contribution is 2.24. The molecule has 1 heterocycles. The molecular formula is C11H18N+. The van der Waals surface area contributed by atoms with Crippen molar-refractivity contribution in [2.75, 3.05) is 27.2 Å². The molecule has 0 N–H and O–H groups in total. The predicted molar refractivity (Wildman–Crippen MR) is 51.7 cm³/mol. The summed E-state index contributed by atoms with van der Waals surface area (Å²) >= 11 is 0. The molecule has 0 aromatic rings. The lowest BCUT2D eigenvalue weighted by molar-refractivity contribution is -0.894.